The number of ether oxygens (including phenoxy) is 1. The molecule has 2 fully saturated rings. The van der Waals surface area contributed by atoms with E-state index in [0.29, 0.717) is 11.5 Å². The molecule has 1 spiro atoms. The summed E-state index contributed by atoms with van der Waals surface area (Å²) in [5.74, 6) is 2.27. The first kappa shape index (κ1) is 22.0. The fourth-order valence-electron chi connectivity index (χ4n) is 4.49. The maximum Gasteiger partial charge on any atom is 0.255 e. The molecule has 2 aliphatic heterocycles. The first-order valence-corrected chi connectivity index (χ1v) is 11.9. The SMILES string of the molecule is CCCC[C@H](CC)C(=O)N1CCC2(CC1)SCCN2C(=O)c1ccc(OC)cc1. The van der Waals surface area contributed by atoms with Crippen molar-refractivity contribution in [3.8, 4) is 5.75 Å². The molecular formula is C23H34N2O3S. The minimum atomic E-state index is -0.168. The van der Waals surface area contributed by atoms with Gasteiger partial charge in [-0.1, -0.05) is 26.7 Å². The number of nitrogens with zero attached hydrogens (tertiary/aromatic N) is 2. The van der Waals surface area contributed by atoms with E-state index in [1.807, 2.05) is 40.9 Å². The average molecular weight is 419 g/mol. The largest absolute Gasteiger partial charge is 0.497 e. The van der Waals surface area contributed by atoms with E-state index < -0.39 is 0 Å². The van der Waals surface area contributed by atoms with Gasteiger partial charge in [0.1, 0.15) is 5.75 Å². The molecule has 3 rings (SSSR count). The first-order chi connectivity index (χ1) is 14.0. The van der Waals surface area contributed by atoms with E-state index in [4.69, 9.17) is 4.74 Å². The zero-order valence-corrected chi connectivity index (χ0v) is 18.8. The van der Waals surface area contributed by atoms with Crippen molar-refractivity contribution in [3.63, 3.8) is 0 Å². The summed E-state index contributed by atoms with van der Waals surface area (Å²) in [5, 5.41) is 0. The quantitative estimate of drug-likeness (QED) is 0.658. The minimum Gasteiger partial charge on any atom is -0.497 e. The van der Waals surface area contributed by atoms with Gasteiger partial charge < -0.3 is 14.5 Å². The second-order valence-corrected chi connectivity index (χ2v) is 9.51. The van der Waals surface area contributed by atoms with Crippen LogP contribution in [0.5, 0.6) is 5.75 Å². The monoisotopic (exact) mass is 418 g/mol. The summed E-state index contributed by atoms with van der Waals surface area (Å²) < 4.78 is 5.20. The van der Waals surface area contributed by atoms with E-state index in [1.165, 1.54) is 0 Å². The van der Waals surface area contributed by atoms with Crippen LogP contribution in [0.3, 0.4) is 0 Å². The smallest absolute Gasteiger partial charge is 0.255 e. The highest BCUT2D eigenvalue weighted by atomic mass is 32.2. The van der Waals surface area contributed by atoms with Crippen LogP contribution >= 0.6 is 11.8 Å². The molecule has 6 heteroatoms. The topological polar surface area (TPSA) is 49.9 Å². The van der Waals surface area contributed by atoms with Crippen LogP contribution in [-0.4, -0.2) is 59.0 Å². The molecule has 0 aromatic heterocycles. The number of unbranched alkanes of at least 4 members (excludes halogenated alkanes) is 1. The fraction of sp³-hybridized carbons (Fsp3) is 0.652. The molecule has 0 aliphatic carbocycles. The molecule has 1 aromatic carbocycles. The summed E-state index contributed by atoms with van der Waals surface area (Å²) in [7, 11) is 1.63. The molecule has 160 valence electrons. The number of benzene rings is 1. The Balaban J connectivity index is 1.65. The van der Waals surface area contributed by atoms with Gasteiger partial charge in [0.25, 0.3) is 5.91 Å². The number of carbonyl (C=O) groups excluding carboxylic acids is 2. The minimum absolute atomic E-state index is 0.0896. The molecule has 2 saturated heterocycles. The zero-order valence-electron chi connectivity index (χ0n) is 18.0. The number of methoxy groups -OCH3 is 1. The number of hydrogen-bond donors (Lipinski definition) is 0. The summed E-state index contributed by atoms with van der Waals surface area (Å²) in [6, 6.07) is 7.36. The van der Waals surface area contributed by atoms with E-state index in [9.17, 15) is 9.59 Å². The van der Waals surface area contributed by atoms with Gasteiger partial charge in [0, 0.05) is 36.9 Å². The van der Waals surface area contributed by atoms with Crippen LogP contribution in [0.4, 0.5) is 0 Å². The molecule has 2 aliphatic rings. The Hall–Kier alpha value is -1.69. The number of piperidine rings is 1. The van der Waals surface area contributed by atoms with Gasteiger partial charge in [-0.2, -0.15) is 0 Å². The molecule has 0 N–H and O–H groups in total. The Labute approximate surface area is 179 Å². The number of amides is 2. The first-order valence-electron chi connectivity index (χ1n) is 10.9. The summed E-state index contributed by atoms with van der Waals surface area (Å²) in [4.78, 5) is 30.1. The Morgan fingerprint density at radius 2 is 1.83 bits per heavy atom. The molecule has 1 atom stereocenters. The van der Waals surface area contributed by atoms with Gasteiger partial charge in [0.05, 0.1) is 12.0 Å². The third-order valence-electron chi connectivity index (χ3n) is 6.36. The number of carbonyl (C=O) groups is 2. The lowest BCUT2D eigenvalue weighted by Gasteiger charge is -2.44. The molecule has 2 heterocycles. The molecular weight excluding hydrogens is 384 g/mol. The highest BCUT2D eigenvalue weighted by molar-refractivity contribution is 8.00. The van der Waals surface area contributed by atoms with E-state index in [0.717, 1.165) is 69.7 Å². The Morgan fingerprint density at radius 3 is 2.41 bits per heavy atom. The van der Waals surface area contributed by atoms with Crippen molar-refractivity contribution in [2.24, 2.45) is 5.92 Å². The predicted octanol–water partition coefficient (Wildman–Crippen LogP) is 4.42. The second kappa shape index (κ2) is 9.88. The summed E-state index contributed by atoms with van der Waals surface area (Å²) in [6.07, 6.45) is 5.86. The van der Waals surface area contributed by atoms with Crippen LogP contribution in [0.1, 0.15) is 62.7 Å². The normalized spacial score (nSPS) is 19.4. The lowest BCUT2D eigenvalue weighted by Crippen LogP contribution is -2.54. The van der Waals surface area contributed by atoms with Crippen LogP contribution in [0.15, 0.2) is 24.3 Å². The summed E-state index contributed by atoms with van der Waals surface area (Å²) in [6.45, 7) is 6.57. The van der Waals surface area contributed by atoms with Gasteiger partial charge in [-0.05, 0) is 49.9 Å². The Morgan fingerprint density at radius 1 is 1.14 bits per heavy atom. The average Bonchev–Trinajstić information content (AvgIpc) is 3.17. The van der Waals surface area contributed by atoms with E-state index in [2.05, 4.69) is 18.7 Å². The van der Waals surface area contributed by atoms with Crippen LogP contribution in [0, 0.1) is 5.92 Å². The standard InChI is InChI=1S/C23H34N2O3S/c1-4-6-7-18(5-2)21(26)24-14-12-23(13-15-24)25(16-17-29-23)22(27)19-8-10-20(28-3)11-9-19/h8-11,18H,4-7,12-17H2,1-3H3/t18-/m0/s1. The Bertz CT molecular complexity index is 699. The number of thioether (sulfide) groups is 1. The van der Waals surface area contributed by atoms with E-state index in [-0.39, 0.29) is 16.7 Å². The lowest BCUT2D eigenvalue weighted by molar-refractivity contribution is -0.137. The van der Waals surface area contributed by atoms with Crippen molar-refractivity contribution >= 4 is 23.6 Å². The van der Waals surface area contributed by atoms with Crippen molar-refractivity contribution in [1.29, 1.82) is 0 Å². The zero-order chi connectivity index (χ0) is 20.9. The molecule has 0 unspecified atom stereocenters. The van der Waals surface area contributed by atoms with E-state index >= 15 is 0 Å². The van der Waals surface area contributed by atoms with Crippen molar-refractivity contribution < 1.29 is 14.3 Å². The van der Waals surface area contributed by atoms with Crippen molar-refractivity contribution in [3.05, 3.63) is 29.8 Å². The van der Waals surface area contributed by atoms with Gasteiger partial charge in [-0.15, -0.1) is 11.8 Å². The third-order valence-corrected chi connectivity index (χ3v) is 7.92. The van der Waals surface area contributed by atoms with Crippen molar-refractivity contribution in [2.75, 3.05) is 32.5 Å². The Kier molecular flexibility index (Phi) is 7.49. The number of likely N-dealkylation sites (tertiary alicyclic amines) is 1. The molecule has 29 heavy (non-hydrogen) atoms. The molecule has 0 bridgehead atoms. The van der Waals surface area contributed by atoms with Gasteiger partial charge in [-0.25, -0.2) is 0 Å². The van der Waals surface area contributed by atoms with Crippen LogP contribution in [-0.2, 0) is 4.79 Å². The highest BCUT2D eigenvalue weighted by Crippen LogP contribution is 2.44. The molecule has 0 radical (unpaired) electrons. The summed E-state index contributed by atoms with van der Waals surface area (Å²) >= 11 is 1.89. The lowest BCUT2D eigenvalue weighted by atomic mass is 9.95. The van der Waals surface area contributed by atoms with Gasteiger partial charge in [0.15, 0.2) is 0 Å². The third kappa shape index (κ3) is 4.73. The van der Waals surface area contributed by atoms with E-state index in [1.54, 1.807) is 7.11 Å². The van der Waals surface area contributed by atoms with Crippen LogP contribution in [0.2, 0.25) is 0 Å². The van der Waals surface area contributed by atoms with Gasteiger partial charge in [-0.3, -0.25) is 9.59 Å². The van der Waals surface area contributed by atoms with Crippen molar-refractivity contribution in [2.45, 2.75) is 57.2 Å². The van der Waals surface area contributed by atoms with Gasteiger partial charge in [0.2, 0.25) is 5.91 Å². The van der Waals surface area contributed by atoms with Crippen molar-refractivity contribution in [1.82, 2.24) is 9.80 Å². The fourth-order valence-corrected chi connectivity index (χ4v) is 5.94. The summed E-state index contributed by atoms with van der Waals surface area (Å²) in [5.41, 5.74) is 0.705. The molecule has 0 saturated carbocycles. The molecule has 1 aromatic rings. The maximum atomic E-state index is 13.2. The molecule has 2 amide bonds. The van der Waals surface area contributed by atoms with Crippen LogP contribution < -0.4 is 4.74 Å². The maximum absolute atomic E-state index is 13.2. The number of rotatable bonds is 7. The molecule has 5 nitrogen and oxygen atoms in total. The van der Waals surface area contributed by atoms with Gasteiger partial charge >= 0.3 is 0 Å². The van der Waals surface area contributed by atoms with Crippen LogP contribution in [0.25, 0.3) is 0 Å². The predicted molar refractivity (Wildman–Crippen MR) is 118 cm³/mol. The highest BCUT2D eigenvalue weighted by Gasteiger charge is 2.47. The number of hydrogen-bond acceptors (Lipinski definition) is 4. The second-order valence-electron chi connectivity index (χ2n) is 8.05.